The standard InChI is InChI=1S/C17H10Cl2OS3/c18-11-1-5-13(6-2-11)21-16-9-15(10-20)23-17(16)22-14-7-3-12(19)4-8-14/h1-10H. The van der Waals surface area contributed by atoms with Crippen LogP contribution in [-0.2, 0) is 0 Å². The molecule has 0 N–H and O–H groups in total. The van der Waals surface area contributed by atoms with Crippen molar-refractivity contribution in [2.24, 2.45) is 0 Å². The molecule has 0 saturated carbocycles. The van der Waals surface area contributed by atoms with Gasteiger partial charge < -0.3 is 0 Å². The average Bonchev–Trinajstić information content (AvgIpc) is 2.94. The van der Waals surface area contributed by atoms with Crippen molar-refractivity contribution >= 4 is 64.3 Å². The van der Waals surface area contributed by atoms with E-state index in [-0.39, 0.29) is 0 Å². The molecular weight excluding hydrogens is 387 g/mol. The van der Waals surface area contributed by atoms with Crippen molar-refractivity contribution in [3.63, 3.8) is 0 Å². The summed E-state index contributed by atoms with van der Waals surface area (Å²) in [5.41, 5.74) is 0. The fourth-order valence-electron chi connectivity index (χ4n) is 1.81. The molecule has 2 aromatic carbocycles. The molecule has 0 unspecified atom stereocenters. The van der Waals surface area contributed by atoms with Crippen LogP contribution in [0.25, 0.3) is 0 Å². The maximum atomic E-state index is 11.1. The lowest BCUT2D eigenvalue weighted by molar-refractivity contribution is 0.112. The van der Waals surface area contributed by atoms with Crippen LogP contribution in [0.5, 0.6) is 0 Å². The lowest BCUT2D eigenvalue weighted by Crippen LogP contribution is -1.74. The van der Waals surface area contributed by atoms with Crippen LogP contribution in [-0.4, -0.2) is 6.29 Å². The lowest BCUT2D eigenvalue weighted by Gasteiger charge is -2.04. The largest absolute Gasteiger partial charge is 0.297 e. The molecule has 116 valence electrons. The Morgan fingerprint density at radius 1 is 0.826 bits per heavy atom. The van der Waals surface area contributed by atoms with Crippen molar-refractivity contribution in [3.05, 3.63) is 69.5 Å². The van der Waals surface area contributed by atoms with E-state index in [9.17, 15) is 4.79 Å². The smallest absolute Gasteiger partial charge is 0.160 e. The van der Waals surface area contributed by atoms with Crippen molar-refractivity contribution in [1.82, 2.24) is 0 Å². The zero-order valence-corrected chi connectivity index (χ0v) is 15.6. The van der Waals surface area contributed by atoms with Gasteiger partial charge in [-0.1, -0.05) is 46.7 Å². The predicted octanol–water partition coefficient (Wildman–Crippen LogP) is 7.17. The summed E-state index contributed by atoms with van der Waals surface area (Å²) in [7, 11) is 0. The van der Waals surface area contributed by atoms with E-state index in [4.69, 9.17) is 23.2 Å². The normalized spacial score (nSPS) is 10.7. The molecular formula is C17H10Cl2OS3. The molecule has 23 heavy (non-hydrogen) atoms. The van der Waals surface area contributed by atoms with E-state index in [0.29, 0.717) is 10.0 Å². The third-order valence-corrected chi connectivity index (χ3v) is 6.95. The van der Waals surface area contributed by atoms with Crippen LogP contribution in [0.3, 0.4) is 0 Å². The average molecular weight is 397 g/mol. The molecule has 0 saturated heterocycles. The van der Waals surface area contributed by atoms with Gasteiger partial charge in [0.15, 0.2) is 6.29 Å². The van der Waals surface area contributed by atoms with Crippen LogP contribution in [0, 0.1) is 0 Å². The zero-order valence-electron chi connectivity index (χ0n) is 11.7. The quantitative estimate of drug-likeness (QED) is 0.425. The second-order valence-electron chi connectivity index (χ2n) is 4.53. The van der Waals surface area contributed by atoms with Crippen LogP contribution in [0.2, 0.25) is 10.0 Å². The topological polar surface area (TPSA) is 17.1 Å². The van der Waals surface area contributed by atoms with E-state index in [2.05, 4.69) is 0 Å². The van der Waals surface area contributed by atoms with E-state index in [1.54, 1.807) is 23.5 Å². The summed E-state index contributed by atoms with van der Waals surface area (Å²) in [4.78, 5) is 15.1. The highest BCUT2D eigenvalue weighted by atomic mass is 35.5. The van der Waals surface area contributed by atoms with Crippen molar-refractivity contribution in [2.75, 3.05) is 0 Å². The third-order valence-electron chi connectivity index (χ3n) is 2.87. The van der Waals surface area contributed by atoms with Gasteiger partial charge in [0.05, 0.1) is 9.09 Å². The predicted molar refractivity (Wildman–Crippen MR) is 101 cm³/mol. The van der Waals surface area contributed by atoms with Crippen molar-refractivity contribution < 1.29 is 4.79 Å². The number of carbonyl (C=O) groups excluding carboxylic acids is 1. The van der Waals surface area contributed by atoms with Gasteiger partial charge in [0.1, 0.15) is 0 Å². The highest BCUT2D eigenvalue weighted by Crippen LogP contribution is 2.44. The van der Waals surface area contributed by atoms with Crippen LogP contribution in [0.4, 0.5) is 0 Å². The van der Waals surface area contributed by atoms with Gasteiger partial charge in [-0.3, -0.25) is 4.79 Å². The number of hydrogen-bond acceptors (Lipinski definition) is 4. The van der Waals surface area contributed by atoms with Gasteiger partial charge >= 0.3 is 0 Å². The molecule has 3 aromatic rings. The van der Waals surface area contributed by atoms with Gasteiger partial charge in [0, 0.05) is 24.7 Å². The molecule has 0 bridgehead atoms. The Balaban J connectivity index is 1.87. The summed E-state index contributed by atoms with van der Waals surface area (Å²) in [6.07, 6.45) is 0.891. The van der Waals surface area contributed by atoms with Gasteiger partial charge in [-0.15, -0.1) is 11.3 Å². The molecule has 0 amide bonds. The second-order valence-corrected chi connectivity index (χ2v) is 8.94. The molecule has 6 heteroatoms. The first-order valence-electron chi connectivity index (χ1n) is 6.60. The van der Waals surface area contributed by atoms with Crippen molar-refractivity contribution in [3.8, 4) is 0 Å². The van der Waals surface area contributed by atoms with Crippen molar-refractivity contribution in [2.45, 2.75) is 18.9 Å². The van der Waals surface area contributed by atoms with Crippen LogP contribution >= 0.6 is 58.1 Å². The minimum atomic E-state index is 0.712. The number of carbonyl (C=O) groups is 1. The first-order chi connectivity index (χ1) is 11.1. The Morgan fingerprint density at radius 3 is 1.87 bits per heavy atom. The summed E-state index contributed by atoms with van der Waals surface area (Å²) in [5.74, 6) is 0. The van der Waals surface area contributed by atoms with Crippen LogP contribution in [0.1, 0.15) is 9.67 Å². The number of aldehydes is 1. The minimum absolute atomic E-state index is 0.712. The monoisotopic (exact) mass is 396 g/mol. The number of benzene rings is 2. The van der Waals surface area contributed by atoms with Gasteiger partial charge in [0.2, 0.25) is 0 Å². The second kappa shape index (κ2) is 7.77. The maximum Gasteiger partial charge on any atom is 0.160 e. The molecule has 0 radical (unpaired) electrons. The Bertz CT molecular complexity index is 746. The Labute approximate surface area is 157 Å². The van der Waals surface area contributed by atoms with Gasteiger partial charge in [-0.2, -0.15) is 0 Å². The summed E-state index contributed by atoms with van der Waals surface area (Å²) < 4.78 is 1.09. The summed E-state index contributed by atoms with van der Waals surface area (Å²) in [6, 6.07) is 17.3. The summed E-state index contributed by atoms with van der Waals surface area (Å²) in [6.45, 7) is 0. The zero-order chi connectivity index (χ0) is 16.2. The fourth-order valence-corrected chi connectivity index (χ4v) is 5.42. The maximum absolute atomic E-state index is 11.1. The number of hydrogen-bond donors (Lipinski definition) is 0. The molecule has 0 fully saturated rings. The Hall–Kier alpha value is -0.910. The highest BCUT2D eigenvalue weighted by Gasteiger charge is 2.12. The molecule has 0 aliphatic carbocycles. The SMILES string of the molecule is O=Cc1cc(Sc2ccc(Cl)cc2)c(Sc2ccc(Cl)cc2)s1. The minimum Gasteiger partial charge on any atom is -0.297 e. The highest BCUT2D eigenvalue weighted by molar-refractivity contribution is 8.03. The van der Waals surface area contributed by atoms with E-state index >= 15 is 0 Å². The number of rotatable bonds is 5. The molecule has 0 aliphatic heterocycles. The summed E-state index contributed by atoms with van der Waals surface area (Å²) in [5, 5.41) is 1.42. The Kier molecular flexibility index (Phi) is 5.72. The number of halogens is 2. The van der Waals surface area contributed by atoms with Crippen LogP contribution in [0.15, 0.2) is 73.5 Å². The van der Waals surface area contributed by atoms with E-state index < -0.39 is 0 Å². The molecule has 3 rings (SSSR count). The number of thiophene rings is 1. The summed E-state index contributed by atoms with van der Waals surface area (Å²) >= 11 is 16.6. The fraction of sp³-hybridized carbons (Fsp3) is 0. The first kappa shape index (κ1) is 16.9. The van der Waals surface area contributed by atoms with Crippen molar-refractivity contribution in [1.29, 1.82) is 0 Å². The van der Waals surface area contributed by atoms with Crippen LogP contribution < -0.4 is 0 Å². The van der Waals surface area contributed by atoms with Gasteiger partial charge in [-0.05, 0) is 54.6 Å². The van der Waals surface area contributed by atoms with Gasteiger partial charge in [0.25, 0.3) is 0 Å². The third kappa shape index (κ3) is 4.55. The Morgan fingerprint density at radius 2 is 1.35 bits per heavy atom. The molecule has 0 atom stereocenters. The first-order valence-corrected chi connectivity index (χ1v) is 9.80. The van der Waals surface area contributed by atoms with E-state index in [1.807, 2.05) is 54.6 Å². The molecule has 1 nitrogen and oxygen atoms in total. The van der Waals surface area contributed by atoms with E-state index in [0.717, 1.165) is 30.1 Å². The lowest BCUT2D eigenvalue weighted by atomic mass is 10.4. The molecule has 0 aliphatic rings. The van der Waals surface area contributed by atoms with Gasteiger partial charge in [-0.25, -0.2) is 0 Å². The molecule has 1 heterocycles. The van der Waals surface area contributed by atoms with E-state index in [1.165, 1.54) is 11.3 Å². The molecule has 1 aromatic heterocycles. The molecule has 0 spiro atoms.